The molecule has 0 bridgehead atoms. The normalized spacial score (nSPS) is 11.1. The van der Waals surface area contributed by atoms with Gasteiger partial charge in [-0.3, -0.25) is 0 Å². The van der Waals surface area contributed by atoms with Crippen molar-refractivity contribution in [3.8, 4) is 0 Å². The molecule has 0 fully saturated rings. The minimum atomic E-state index is 0.359. The summed E-state index contributed by atoms with van der Waals surface area (Å²) < 4.78 is 1.35. The van der Waals surface area contributed by atoms with Crippen molar-refractivity contribution in [1.29, 1.82) is 0 Å². The van der Waals surface area contributed by atoms with E-state index in [4.69, 9.17) is 29.0 Å². The lowest BCUT2D eigenvalue weighted by Crippen LogP contribution is -2.14. The van der Waals surface area contributed by atoms with Crippen molar-refractivity contribution in [2.45, 2.75) is 13.3 Å². The molecule has 0 radical (unpaired) electrons. The maximum Gasteiger partial charge on any atom is 0.263 e. The van der Waals surface area contributed by atoms with E-state index in [-0.39, 0.29) is 0 Å². The van der Waals surface area contributed by atoms with Gasteiger partial charge in [0, 0.05) is 17.0 Å². The van der Waals surface area contributed by atoms with E-state index >= 15 is 0 Å². The highest BCUT2D eigenvalue weighted by Crippen LogP contribution is 2.19. The first-order valence-corrected chi connectivity index (χ1v) is 6.31. The molecule has 2 aromatic rings. The van der Waals surface area contributed by atoms with Crippen molar-refractivity contribution in [2.75, 3.05) is 11.3 Å². The number of halogens is 2. The molecule has 100 valence electrons. The second-order valence-corrected chi connectivity index (χ2v) is 4.54. The lowest BCUT2D eigenvalue weighted by molar-refractivity contribution is 0.855. The average molecular weight is 299 g/mol. The molecule has 6 nitrogen and oxygen atoms in total. The molecule has 1 aromatic heterocycles. The van der Waals surface area contributed by atoms with E-state index in [0.29, 0.717) is 28.2 Å². The highest BCUT2D eigenvalue weighted by molar-refractivity contribution is 6.36. The summed E-state index contributed by atoms with van der Waals surface area (Å²) in [5, 5.41) is 12.9. The zero-order valence-electron chi connectivity index (χ0n) is 10.1. The second kappa shape index (κ2) is 5.90. The summed E-state index contributed by atoms with van der Waals surface area (Å²) in [5.41, 5.74) is 3.43. The zero-order chi connectivity index (χ0) is 13.8. The number of benzene rings is 1. The molecule has 1 heterocycles. The summed E-state index contributed by atoms with van der Waals surface area (Å²) in [4.78, 5) is 0. The SMILES string of the molecule is CCc1nnc(N/N=C\c2ccc(Cl)cc2Cl)n1N. The molecular weight excluding hydrogens is 287 g/mol. The molecule has 0 saturated heterocycles. The highest BCUT2D eigenvalue weighted by atomic mass is 35.5. The fourth-order valence-corrected chi connectivity index (χ4v) is 1.86. The molecule has 0 spiro atoms. The Bertz CT molecular complexity index is 607. The van der Waals surface area contributed by atoms with Crippen molar-refractivity contribution in [3.63, 3.8) is 0 Å². The third-order valence-corrected chi connectivity index (χ3v) is 2.98. The number of nitrogens with zero attached hydrogens (tertiary/aromatic N) is 4. The van der Waals surface area contributed by atoms with Crippen LogP contribution >= 0.6 is 23.2 Å². The Balaban J connectivity index is 2.09. The van der Waals surface area contributed by atoms with Gasteiger partial charge in [0.2, 0.25) is 0 Å². The van der Waals surface area contributed by atoms with Crippen LogP contribution in [0.4, 0.5) is 5.95 Å². The van der Waals surface area contributed by atoms with Gasteiger partial charge in [0.15, 0.2) is 5.82 Å². The van der Waals surface area contributed by atoms with E-state index in [1.807, 2.05) is 6.92 Å². The summed E-state index contributed by atoms with van der Waals surface area (Å²) in [5.74, 6) is 6.78. The molecule has 8 heteroatoms. The quantitative estimate of drug-likeness (QED) is 0.515. The lowest BCUT2D eigenvalue weighted by Gasteiger charge is -2.01. The molecule has 2 rings (SSSR count). The topological polar surface area (TPSA) is 81.1 Å². The van der Waals surface area contributed by atoms with Crippen molar-refractivity contribution in [3.05, 3.63) is 39.6 Å². The van der Waals surface area contributed by atoms with Gasteiger partial charge in [-0.2, -0.15) is 5.10 Å². The summed E-state index contributed by atoms with van der Waals surface area (Å²) in [7, 11) is 0. The van der Waals surface area contributed by atoms with E-state index in [1.165, 1.54) is 4.68 Å². The molecule has 0 aliphatic rings. The number of nitrogen functional groups attached to an aromatic ring is 1. The molecule has 3 N–H and O–H groups in total. The fraction of sp³-hybridized carbons (Fsp3) is 0.182. The van der Waals surface area contributed by atoms with Gasteiger partial charge in [0.25, 0.3) is 5.95 Å². The average Bonchev–Trinajstić information content (AvgIpc) is 2.73. The summed E-state index contributed by atoms with van der Waals surface area (Å²) in [6.07, 6.45) is 2.25. The van der Waals surface area contributed by atoms with Gasteiger partial charge in [-0.05, 0) is 12.1 Å². The first-order chi connectivity index (χ1) is 9.11. The number of nitrogens with two attached hydrogens (primary N) is 1. The van der Waals surface area contributed by atoms with Crippen molar-refractivity contribution in [1.82, 2.24) is 14.9 Å². The number of anilines is 1. The van der Waals surface area contributed by atoms with Crippen LogP contribution in [0.3, 0.4) is 0 Å². The standard InChI is InChI=1S/C11H12Cl2N6/c1-2-10-16-18-11(19(10)14)17-15-6-7-3-4-8(12)5-9(7)13/h3-6H,2,14H2,1H3,(H,17,18)/b15-6-. The Kier molecular flexibility index (Phi) is 4.24. The maximum absolute atomic E-state index is 6.01. The van der Waals surface area contributed by atoms with Crippen molar-refractivity contribution in [2.24, 2.45) is 5.10 Å². The number of rotatable bonds is 4. The van der Waals surface area contributed by atoms with Crippen LogP contribution in [-0.4, -0.2) is 21.1 Å². The number of aromatic nitrogens is 3. The van der Waals surface area contributed by atoms with Gasteiger partial charge >= 0.3 is 0 Å². The maximum atomic E-state index is 6.01. The van der Waals surface area contributed by atoms with Crippen LogP contribution in [0.15, 0.2) is 23.3 Å². The number of aryl methyl sites for hydroxylation is 1. The Labute approximate surface area is 120 Å². The van der Waals surface area contributed by atoms with Gasteiger partial charge in [-0.25, -0.2) is 10.1 Å². The molecule has 0 amide bonds. The van der Waals surface area contributed by atoms with Gasteiger partial charge in [0.05, 0.1) is 11.2 Å². The van der Waals surface area contributed by atoms with E-state index in [2.05, 4.69) is 20.7 Å². The first kappa shape index (κ1) is 13.6. The minimum absolute atomic E-state index is 0.359. The van der Waals surface area contributed by atoms with Crippen LogP contribution in [0.25, 0.3) is 0 Å². The molecule has 1 aromatic carbocycles. The number of hydrazone groups is 1. The van der Waals surface area contributed by atoms with E-state index < -0.39 is 0 Å². The predicted octanol–water partition coefficient (Wildman–Crippen LogP) is 2.31. The Morgan fingerprint density at radius 3 is 2.84 bits per heavy atom. The molecule has 0 unspecified atom stereocenters. The Hall–Kier alpha value is -1.79. The summed E-state index contributed by atoms with van der Waals surface area (Å²) in [6.45, 7) is 1.94. The molecule has 0 aliphatic carbocycles. The van der Waals surface area contributed by atoms with Crippen molar-refractivity contribution < 1.29 is 0 Å². The Morgan fingerprint density at radius 2 is 2.21 bits per heavy atom. The van der Waals surface area contributed by atoms with Gasteiger partial charge in [-0.1, -0.05) is 36.2 Å². The highest BCUT2D eigenvalue weighted by Gasteiger charge is 2.06. The largest absolute Gasteiger partial charge is 0.335 e. The van der Waals surface area contributed by atoms with Gasteiger partial charge < -0.3 is 5.84 Å². The van der Waals surface area contributed by atoms with E-state index in [1.54, 1.807) is 24.4 Å². The van der Waals surface area contributed by atoms with Crippen LogP contribution in [-0.2, 0) is 6.42 Å². The predicted molar refractivity (Wildman–Crippen MR) is 77.2 cm³/mol. The molecule has 19 heavy (non-hydrogen) atoms. The number of hydrogen-bond donors (Lipinski definition) is 2. The van der Waals surface area contributed by atoms with Crippen LogP contribution in [0.5, 0.6) is 0 Å². The molecule has 0 aliphatic heterocycles. The van der Waals surface area contributed by atoms with E-state index in [0.717, 1.165) is 5.56 Å². The number of nitrogens with one attached hydrogen (secondary N) is 1. The smallest absolute Gasteiger partial charge is 0.263 e. The molecule has 0 saturated carbocycles. The zero-order valence-corrected chi connectivity index (χ0v) is 11.7. The van der Waals surface area contributed by atoms with Crippen LogP contribution in [0, 0.1) is 0 Å². The Morgan fingerprint density at radius 1 is 1.42 bits per heavy atom. The molecule has 0 atom stereocenters. The summed E-state index contributed by atoms with van der Waals surface area (Å²) >= 11 is 11.8. The fourth-order valence-electron chi connectivity index (χ4n) is 1.41. The van der Waals surface area contributed by atoms with E-state index in [9.17, 15) is 0 Å². The second-order valence-electron chi connectivity index (χ2n) is 3.70. The third kappa shape index (κ3) is 3.15. The lowest BCUT2D eigenvalue weighted by atomic mass is 10.2. The minimum Gasteiger partial charge on any atom is -0.335 e. The first-order valence-electron chi connectivity index (χ1n) is 5.55. The van der Waals surface area contributed by atoms with Crippen LogP contribution in [0.2, 0.25) is 10.0 Å². The molecular formula is C11H12Cl2N6. The van der Waals surface area contributed by atoms with Crippen LogP contribution < -0.4 is 11.3 Å². The number of hydrogen-bond acceptors (Lipinski definition) is 5. The van der Waals surface area contributed by atoms with Gasteiger partial charge in [0.1, 0.15) is 0 Å². The third-order valence-electron chi connectivity index (χ3n) is 2.41. The summed E-state index contributed by atoms with van der Waals surface area (Å²) in [6, 6.07) is 5.14. The van der Waals surface area contributed by atoms with Crippen LogP contribution in [0.1, 0.15) is 18.3 Å². The monoisotopic (exact) mass is 298 g/mol. The van der Waals surface area contributed by atoms with Gasteiger partial charge in [-0.15, -0.1) is 10.2 Å². The van der Waals surface area contributed by atoms with Crippen molar-refractivity contribution >= 4 is 35.4 Å².